The maximum atomic E-state index is 5.85. The number of aromatic nitrogens is 3. The summed E-state index contributed by atoms with van der Waals surface area (Å²) in [5.41, 5.74) is 1.23. The lowest BCUT2D eigenvalue weighted by Crippen LogP contribution is -2.14. The fraction of sp³-hybridized carbons (Fsp3) is 0.500. The Morgan fingerprint density at radius 2 is 1.90 bits per heavy atom. The molecular weight excluding hydrogens is 250 g/mol. The quantitative estimate of drug-likeness (QED) is 0.797. The fourth-order valence-electron chi connectivity index (χ4n) is 3.38. The lowest BCUT2D eigenvalue weighted by molar-refractivity contribution is 0.296. The molecule has 1 fully saturated rings. The van der Waals surface area contributed by atoms with Gasteiger partial charge in [-0.25, -0.2) is 0 Å². The van der Waals surface area contributed by atoms with E-state index in [1.54, 1.807) is 0 Å². The number of hydrogen-bond donors (Lipinski definition) is 0. The van der Waals surface area contributed by atoms with Crippen LogP contribution in [0.5, 0.6) is 5.75 Å². The minimum atomic E-state index is 0.525. The molecule has 0 N–H and O–H groups in total. The van der Waals surface area contributed by atoms with Crippen molar-refractivity contribution in [2.75, 3.05) is 0 Å². The van der Waals surface area contributed by atoms with E-state index in [9.17, 15) is 0 Å². The molecule has 1 aliphatic heterocycles. The van der Waals surface area contributed by atoms with Crippen LogP contribution < -0.4 is 4.74 Å². The van der Waals surface area contributed by atoms with Crippen molar-refractivity contribution in [3.8, 4) is 5.75 Å². The van der Waals surface area contributed by atoms with Crippen LogP contribution in [0.1, 0.15) is 55.2 Å². The van der Waals surface area contributed by atoms with Crippen LogP contribution in [0.2, 0.25) is 0 Å². The Labute approximate surface area is 118 Å². The van der Waals surface area contributed by atoms with Crippen molar-refractivity contribution in [1.29, 1.82) is 0 Å². The summed E-state index contributed by atoms with van der Waals surface area (Å²) in [6.45, 7) is 1.36. The van der Waals surface area contributed by atoms with Crippen LogP contribution in [0.15, 0.2) is 24.3 Å². The van der Waals surface area contributed by atoms with E-state index in [-0.39, 0.29) is 0 Å². The molecule has 0 saturated heterocycles. The predicted molar refractivity (Wildman–Crippen MR) is 75.7 cm³/mol. The monoisotopic (exact) mass is 269 g/mol. The number of rotatable bonds is 1. The number of ether oxygens (including phenoxy) is 1. The summed E-state index contributed by atoms with van der Waals surface area (Å²) >= 11 is 0. The van der Waals surface area contributed by atoms with Gasteiger partial charge in [0, 0.05) is 11.5 Å². The molecule has 2 aliphatic rings. The second-order valence-electron chi connectivity index (χ2n) is 5.79. The number of para-hydroxylation sites is 1. The molecule has 0 bridgehead atoms. The van der Waals surface area contributed by atoms with Crippen LogP contribution >= 0.6 is 0 Å². The smallest absolute Gasteiger partial charge is 0.171 e. The van der Waals surface area contributed by atoms with E-state index in [1.165, 1.54) is 43.5 Å². The first kappa shape index (κ1) is 11.9. The highest BCUT2D eigenvalue weighted by Crippen LogP contribution is 2.33. The van der Waals surface area contributed by atoms with Gasteiger partial charge < -0.3 is 9.30 Å². The molecule has 1 aromatic heterocycles. The molecule has 0 atom stereocenters. The van der Waals surface area contributed by atoms with Gasteiger partial charge in [-0.2, -0.15) is 0 Å². The molecular formula is C16H19N3O. The summed E-state index contributed by atoms with van der Waals surface area (Å²) in [7, 11) is 0. The van der Waals surface area contributed by atoms with Crippen LogP contribution in [-0.2, 0) is 13.2 Å². The van der Waals surface area contributed by atoms with Crippen molar-refractivity contribution in [3.63, 3.8) is 0 Å². The van der Waals surface area contributed by atoms with Gasteiger partial charge in [0.15, 0.2) is 5.82 Å². The first-order valence-corrected chi connectivity index (χ1v) is 7.54. The Bertz CT molecular complexity index is 614. The van der Waals surface area contributed by atoms with E-state index < -0.39 is 0 Å². The highest BCUT2D eigenvalue weighted by Gasteiger charge is 2.25. The van der Waals surface area contributed by atoms with E-state index in [2.05, 4.69) is 26.9 Å². The van der Waals surface area contributed by atoms with Gasteiger partial charge in [-0.1, -0.05) is 37.5 Å². The van der Waals surface area contributed by atoms with Crippen molar-refractivity contribution in [2.24, 2.45) is 0 Å². The molecule has 4 heteroatoms. The minimum Gasteiger partial charge on any atom is -0.485 e. The second-order valence-corrected chi connectivity index (χ2v) is 5.79. The van der Waals surface area contributed by atoms with Gasteiger partial charge in [-0.3, -0.25) is 0 Å². The van der Waals surface area contributed by atoms with Crippen LogP contribution in [0.25, 0.3) is 0 Å². The SMILES string of the molecule is c1ccc2c(c1)Cn1c(nnc1C1CCCCC1)CO2. The molecule has 104 valence electrons. The molecule has 1 aliphatic carbocycles. The summed E-state index contributed by atoms with van der Waals surface area (Å²) in [4.78, 5) is 0. The first-order chi connectivity index (χ1) is 9.92. The molecule has 0 spiro atoms. The summed E-state index contributed by atoms with van der Waals surface area (Å²) in [5.74, 6) is 3.68. The van der Waals surface area contributed by atoms with Crippen molar-refractivity contribution < 1.29 is 4.74 Å². The number of nitrogens with zero attached hydrogens (tertiary/aromatic N) is 3. The predicted octanol–water partition coefficient (Wildman–Crippen LogP) is 3.27. The number of hydrogen-bond acceptors (Lipinski definition) is 3. The minimum absolute atomic E-state index is 0.525. The van der Waals surface area contributed by atoms with E-state index >= 15 is 0 Å². The van der Waals surface area contributed by atoms with Crippen molar-refractivity contribution >= 4 is 0 Å². The second kappa shape index (κ2) is 4.93. The number of fused-ring (bicyclic) bond motifs is 2. The Morgan fingerprint density at radius 3 is 2.80 bits per heavy atom. The maximum Gasteiger partial charge on any atom is 0.171 e. The van der Waals surface area contributed by atoms with Crippen LogP contribution in [0.3, 0.4) is 0 Å². The molecule has 4 nitrogen and oxygen atoms in total. The Balaban J connectivity index is 1.71. The standard InChI is InChI=1S/C16H19N3O/c1-2-6-12(7-3-1)16-18-17-15-11-20-14-9-5-4-8-13(14)10-19(15)16/h4-5,8-9,12H,1-3,6-7,10-11H2. The average Bonchev–Trinajstić information content (AvgIpc) is 2.81. The topological polar surface area (TPSA) is 39.9 Å². The first-order valence-electron chi connectivity index (χ1n) is 7.54. The molecule has 1 aromatic carbocycles. The Morgan fingerprint density at radius 1 is 1.05 bits per heavy atom. The van der Waals surface area contributed by atoms with E-state index in [4.69, 9.17) is 4.74 Å². The summed E-state index contributed by atoms with van der Waals surface area (Å²) in [5, 5.41) is 8.83. The van der Waals surface area contributed by atoms with E-state index in [1.807, 2.05) is 12.1 Å². The highest BCUT2D eigenvalue weighted by molar-refractivity contribution is 5.35. The molecule has 4 rings (SSSR count). The van der Waals surface area contributed by atoms with Gasteiger partial charge in [0.05, 0.1) is 6.54 Å². The maximum absolute atomic E-state index is 5.85. The molecule has 2 aromatic rings. The fourth-order valence-corrected chi connectivity index (χ4v) is 3.38. The third-order valence-corrected chi connectivity index (χ3v) is 4.48. The molecule has 20 heavy (non-hydrogen) atoms. The van der Waals surface area contributed by atoms with Gasteiger partial charge in [0.2, 0.25) is 0 Å². The molecule has 1 saturated carbocycles. The largest absolute Gasteiger partial charge is 0.485 e. The summed E-state index contributed by atoms with van der Waals surface area (Å²) in [6.07, 6.45) is 6.50. The zero-order valence-corrected chi connectivity index (χ0v) is 11.6. The zero-order chi connectivity index (χ0) is 13.4. The lowest BCUT2D eigenvalue weighted by atomic mass is 9.88. The van der Waals surface area contributed by atoms with Crippen LogP contribution in [-0.4, -0.2) is 14.8 Å². The zero-order valence-electron chi connectivity index (χ0n) is 11.6. The van der Waals surface area contributed by atoms with Gasteiger partial charge in [0.25, 0.3) is 0 Å². The van der Waals surface area contributed by atoms with Crippen molar-refractivity contribution in [1.82, 2.24) is 14.8 Å². The van der Waals surface area contributed by atoms with Gasteiger partial charge in [-0.05, 0) is 18.9 Å². The third-order valence-electron chi connectivity index (χ3n) is 4.48. The van der Waals surface area contributed by atoms with Crippen LogP contribution in [0.4, 0.5) is 0 Å². The van der Waals surface area contributed by atoms with Gasteiger partial charge in [-0.15, -0.1) is 10.2 Å². The van der Waals surface area contributed by atoms with E-state index in [0.29, 0.717) is 12.5 Å². The van der Waals surface area contributed by atoms with Crippen molar-refractivity contribution in [2.45, 2.75) is 51.2 Å². The van der Waals surface area contributed by atoms with Gasteiger partial charge >= 0.3 is 0 Å². The Kier molecular flexibility index (Phi) is 2.94. The lowest BCUT2D eigenvalue weighted by Gasteiger charge is -2.21. The van der Waals surface area contributed by atoms with E-state index in [0.717, 1.165) is 18.1 Å². The van der Waals surface area contributed by atoms with Crippen LogP contribution in [0, 0.1) is 0 Å². The molecule has 2 heterocycles. The molecule has 0 unspecified atom stereocenters. The summed E-state index contributed by atoms with van der Waals surface area (Å²) in [6, 6.07) is 8.26. The average molecular weight is 269 g/mol. The van der Waals surface area contributed by atoms with Crippen molar-refractivity contribution in [3.05, 3.63) is 41.5 Å². The Hall–Kier alpha value is -1.84. The molecule has 0 amide bonds. The third kappa shape index (κ3) is 1.99. The highest BCUT2D eigenvalue weighted by atomic mass is 16.5. The van der Waals surface area contributed by atoms with Gasteiger partial charge in [0.1, 0.15) is 18.2 Å². The molecule has 0 radical (unpaired) electrons. The summed E-state index contributed by atoms with van der Waals surface area (Å²) < 4.78 is 8.13. The normalized spacial score (nSPS) is 18.8. The number of benzene rings is 1.